The second-order valence-electron chi connectivity index (χ2n) is 9.65. The topological polar surface area (TPSA) is 120 Å². The third kappa shape index (κ3) is 4.33. The second kappa shape index (κ2) is 9.23. The maximum atomic E-state index is 12.7. The van der Waals surface area contributed by atoms with Crippen molar-refractivity contribution in [2.45, 2.75) is 83.1 Å². The van der Waals surface area contributed by atoms with Gasteiger partial charge in [0, 0.05) is 19.1 Å². The summed E-state index contributed by atoms with van der Waals surface area (Å²) in [5.41, 5.74) is 2.56. The van der Waals surface area contributed by atoms with Crippen LogP contribution in [-0.2, 0) is 23.2 Å². The smallest absolute Gasteiger partial charge is 0.410 e. The first-order valence-corrected chi connectivity index (χ1v) is 12.1. The molecule has 3 fully saturated rings. The van der Waals surface area contributed by atoms with E-state index in [1.807, 2.05) is 24.0 Å². The molecule has 2 aliphatic heterocycles. The zero-order valence-corrected chi connectivity index (χ0v) is 19.6. The standard InChI is InChI=1S/C24H31N5O5/c1-14-21(34-18-5-3-4-15(12-18)23(30)31)11-10-19(25-14)22-20(28(2)27-26-22)13-33-24(32)29-16-6-7-17(29)9-8-16/h10-11,15-18H,3-9,12-13H2,1-2H3,(H,30,31)/t15-,16?,17?,18-/m0/s1. The van der Waals surface area contributed by atoms with Crippen LogP contribution in [0.5, 0.6) is 5.75 Å². The summed E-state index contributed by atoms with van der Waals surface area (Å²) in [7, 11) is 1.77. The Morgan fingerprint density at radius 2 is 1.85 bits per heavy atom. The van der Waals surface area contributed by atoms with Gasteiger partial charge >= 0.3 is 12.1 Å². The Kier molecular flexibility index (Phi) is 6.14. The summed E-state index contributed by atoms with van der Waals surface area (Å²) in [6.07, 6.45) is 6.74. The lowest BCUT2D eigenvalue weighted by atomic mass is 9.87. The van der Waals surface area contributed by atoms with Crippen LogP contribution in [-0.4, -0.2) is 60.2 Å². The molecule has 182 valence electrons. The summed E-state index contributed by atoms with van der Waals surface area (Å²) in [5, 5.41) is 17.7. The van der Waals surface area contributed by atoms with Crippen molar-refractivity contribution < 1.29 is 24.2 Å². The number of aryl methyl sites for hydroxylation is 2. The first kappa shape index (κ1) is 22.6. The SMILES string of the molecule is Cc1nc(-c2nnn(C)c2COC(=O)N2C3CCC2CC3)ccc1O[C@H]1CCC[C@H](C(=O)O)C1. The van der Waals surface area contributed by atoms with Crippen molar-refractivity contribution in [1.82, 2.24) is 24.9 Å². The highest BCUT2D eigenvalue weighted by atomic mass is 16.6. The Labute approximate surface area is 198 Å². The maximum Gasteiger partial charge on any atom is 0.410 e. The number of rotatable bonds is 6. The van der Waals surface area contributed by atoms with E-state index < -0.39 is 5.97 Å². The Hall–Kier alpha value is -3.17. The van der Waals surface area contributed by atoms with Gasteiger partial charge in [0.1, 0.15) is 23.7 Å². The van der Waals surface area contributed by atoms with Crippen LogP contribution in [0.25, 0.3) is 11.4 Å². The van der Waals surface area contributed by atoms with E-state index in [2.05, 4.69) is 15.3 Å². The Balaban J connectivity index is 1.27. The quantitative estimate of drug-likeness (QED) is 0.683. The van der Waals surface area contributed by atoms with Gasteiger partial charge in [0.25, 0.3) is 0 Å². The number of carboxylic acid groups (broad SMARTS) is 1. The number of amides is 1. The van der Waals surface area contributed by atoms with E-state index in [-0.39, 0.29) is 24.7 Å². The number of carbonyl (C=O) groups is 2. The fourth-order valence-electron chi connectivity index (χ4n) is 5.61. The summed E-state index contributed by atoms with van der Waals surface area (Å²) in [6.45, 7) is 1.93. The predicted molar refractivity (Wildman–Crippen MR) is 121 cm³/mol. The largest absolute Gasteiger partial charge is 0.489 e. The van der Waals surface area contributed by atoms with E-state index in [0.29, 0.717) is 53.5 Å². The van der Waals surface area contributed by atoms with Crippen molar-refractivity contribution in [3.05, 3.63) is 23.5 Å². The average Bonchev–Trinajstić information content (AvgIpc) is 3.53. The molecular weight excluding hydrogens is 438 g/mol. The molecule has 2 aromatic rings. The molecule has 2 aromatic heterocycles. The molecular formula is C24H31N5O5. The first-order valence-electron chi connectivity index (χ1n) is 12.1. The Morgan fingerprint density at radius 1 is 1.12 bits per heavy atom. The van der Waals surface area contributed by atoms with Crippen LogP contribution < -0.4 is 4.74 Å². The minimum atomic E-state index is -0.758. The third-order valence-electron chi connectivity index (χ3n) is 7.49. The minimum absolute atomic E-state index is 0.0746. The summed E-state index contributed by atoms with van der Waals surface area (Å²) in [5.74, 6) is -0.472. The van der Waals surface area contributed by atoms with Gasteiger partial charge in [-0.3, -0.25) is 4.79 Å². The fourth-order valence-corrected chi connectivity index (χ4v) is 5.61. The van der Waals surface area contributed by atoms with E-state index in [0.717, 1.165) is 38.5 Å². The Morgan fingerprint density at radius 3 is 2.53 bits per heavy atom. The molecule has 0 unspecified atom stereocenters. The number of aromatic nitrogens is 4. The van der Waals surface area contributed by atoms with Gasteiger partial charge in [-0.15, -0.1) is 5.10 Å². The van der Waals surface area contributed by atoms with Crippen molar-refractivity contribution in [1.29, 1.82) is 0 Å². The molecule has 10 nitrogen and oxygen atoms in total. The van der Waals surface area contributed by atoms with E-state index in [9.17, 15) is 14.7 Å². The second-order valence-corrected chi connectivity index (χ2v) is 9.65. The van der Waals surface area contributed by atoms with Gasteiger partial charge in [-0.05, 0) is 70.4 Å². The van der Waals surface area contributed by atoms with E-state index in [4.69, 9.17) is 9.47 Å². The lowest BCUT2D eigenvalue weighted by Crippen LogP contribution is -2.35. The number of aliphatic carboxylic acids is 1. The molecule has 34 heavy (non-hydrogen) atoms. The van der Waals surface area contributed by atoms with Crippen LogP contribution in [0.1, 0.15) is 62.8 Å². The van der Waals surface area contributed by atoms with Gasteiger partial charge in [0.2, 0.25) is 0 Å². The van der Waals surface area contributed by atoms with Crippen LogP contribution >= 0.6 is 0 Å². The summed E-state index contributed by atoms with van der Waals surface area (Å²) < 4.78 is 13.4. The maximum absolute atomic E-state index is 12.7. The van der Waals surface area contributed by atoms with Crippen molar-refractivity contribution in [2.24, 2.45) is 13.0 Å². The highest BCUT2D eigenvalue weighted by molar-refractivity contribution is 5.70. The molecule has 10 heteroatoms. The number of fused-ring (bicyclic) bond motifs is 2. The molecule has 1 N–H and O–H groups in total. The number of nitrogens with zero attached hydrogens (tertiary/aromatic N) is 5. The summed E-state index contributed by atoms with van der Waals surface area (Å²) >= 11 is 0. The van der Waals surface area contributed by atoms with Gasteiger partial charge in [0.15, 0.2) is 0 Å². The summed E-state index contributed by atoms with van der Waals surface area (Å²) in [4.78, 5) is 30.6. The molecule has 2 bridgehead atoms. The van der Waals surface area contributed by atoms with Crippen LogP contribution in [0.4, 0.5) is 4.79 Å². The van der Waals surface area contributed by atoms with Crippen molar-refractivity contribution >= 4 is 12.1 Å². The van der Waals surface area contributed by atoms with Gasteiger partial charge < -0.3 is 19.5 Å². The highest BCUT2D eigenvalue weighted by Gasteiger charge is 2.43. The fraction of sp³-hybridized carbons (Fsp3) is 0.625. The van der Waals surface area contributed by atoms with Crippen LogP contribution in [0.3, 0.4) is 0 Å². The van der Waals surface area contributed by atoms with Gasteiger partial charge in [-0.1, -0.05) is 5.21 Å². The molecule has 2 saturated heterocycles. The number of carboxylic acids is 1. The predicted octanol–water partition coefficient (Wildman–Crippen LogP) is 3.47. The molecule has 2 atom stereocenters. The molecule has 5 rings (SSSR count). The number of hydrogen-bond donors (Lipinski definition) is 1. The minimum Gasteiger partial charge on any atom is -0.489 e. The third-order valence-corrected chi connectivity index (χ3v) is 7.49. The molecule has 4 heterocycles. The first-order chi connectivity index (χ1) is 16.4. The van der Waals surface area contributed by atoms with Crippen LogP contribution in [0.2, 0.25) is 0 Å². The van der Waals surface area contributed by atoms with Gasteiger partial charge in [-0.25, -0.2) is 14.5 Å². The molecule has 0 radical (unpaired) electrons. The van der Waals surface area contributed by atoms with Crippen LogP contribution in [0.15, 0.2) is 12.1 Å². The molecule has 0 spiro atoms. The van der Waals surface area contributed by atoms with Gasteiger partial charge in [0.05, 0.1) is 23.4 Å². The van der Waals surface area contributed by atoms with E-state index >= 15 is 0 Å². The zero-order valence-electron chi connectivity index (χ0n) is 19.6. The number of hydrogen-bond acceptors (Lipinski definition) is 7. The van der Waals surface area contributed by atoms with Crippen molar-refractivity contribution in [3.8, 4) is 17.1 Å². The lowest BCUT2D eigenvalue weighted by molar-refractivity contribution is -0.143. The summed E-state index contributed by atoms with van der Waals surface area (Å²) in [6, 6.07) is 4.28. The average molecular weight is 470 g/mol. The molecule has 0 aromatic carbocycles. The number of ether oxygens (including phenoxy) is 2. The van der Waals surface area contributed by atoms with Crippen molar-refractivity contribution in [3.63, 3.8) is 0 Å². The zero-order chi connectivity index (χ0) is 23.8. The normalized spacial score (nSPS) is 26.0. The van der Waals surface area contributed by atoms with Crippen LogP contribution in [0, 0.1) is 12.8 Å². The van der Waals surface area contributed by atoms with Gasteiger partial charge in [-0.2, -0.15) is 0 Å². The van der Waals surface area contributed by atoms with E-state index in [1.165, 1.54) is 0 Å². The monoisotopic (exact) mass is 469 g/mol. The van der Waals surface area contributed by atoms with Crippen molar-refractivity contribution in [2.75, 3.05) is 0 Å². The van der Waals surface area contributed by atoms with E-state index in [1.54, 1.807) is 11.7 Å². The lowest BCUT2D eigenvalue weighted by Gasteiger charge is -2.27. The molecule has 1 aliphatic carbocycles. The molecule has 3 aliphatic rings. The number of pyridine rings is 1. The number of carbonyl (C=O) groups excluding carboxylic acids is 1. The molecule has 1 amide bonds. The highest BCUT2D eigenvalue weighted by Crippen LogP contribution is 2.38. The molecule has 1 saturated carbocycles. The Bertz CT molecular complexity index is 1070.